The van der Waals surface area contributed by atoms with E-state index in [1.54, 1.807) is 6.07 Å². The van der Waals surface area contributed by atoms with Crippen molar-refractivity contribution in [2.75, 3.05) is 11.6 Å². The van der Waals surface area contributed by atoms with Gasteiger partial charge in [-0.2, -0.15) is 0 Å². The zero-order valence-electron chi connectivity index (χ0n) is 13.1. The number of nitrogens with zero attached hydrogens (tertiary/aromatic N) is 1. The van der Waals surface area contributed by atoms with Crippen molar-refractivity contribution in [2.45, 2.75) is 44.0 Å². The molecule has 1 aliphatic carbocycles. The summed E-state index contributed by atoms with van der Waals surface area (Å²) in [7, 11) is -3.65. The number of hydrogen-bond acceptors (Lipinski definition) is 5. The second-order valence-corrected chi connectivity index (χ2v) is 8.34. The van der Waals surface area contributed by atoms with Gasteiger partial charge in [-0.05, 0) is 43.2 Å². The third kappa shape index (κ3) is 3.76. The predicted molar refractivity (Wildman–Crippen MR) is 85.8 cm³/mol. The van der Waals surface area contributed by atoms with E-state index in [9.17, 15) is 18.5 Å². The number of rotatable bonds is 4. The smallest absolute Gasteiger partial charge is 0.288 e. The quantitative estimate of drug-likeness (QED) is 0.677. The molecule has 0 radical (unpaired) electrons. The second-order valence-electron chi connectivity index (χ2n) is 6.36. The van der Waals surface area contributed by atoms with E-state index in [1.807, 2.05) is 0 Å². The van der Waals surface area contributed by atoms with E-state index >= 15 is 0 Å². The van der Waals surface area contributed by atoms with Gasteiger partial charge in [0.25, 0.3) is 5.69 Å². The summed E-state index contributed by atoms with van der Waals surface area (Å²) in [6, 6.07) is 4.48. The SMILES string of the molecule is CC1CCC(Nc2ccc([N+](=O)[O-])c(S(C)(=O)=O)c2)C(C)C1. The molecule has 3 atom stereocenters. The van der Waals surface area contributed by atoms with E-state index in [0.717, 1.165) is 25.5 Å². The van der Waals surface area contributed by atoms with Crippen LogP contribution in [-0.2, 0) is 9.84 Å². The minimum absolute atomic E-state index is 0.237. The first-order chi connectivity index (χ1) is 10.2. The molecule has 1 aliphatic rings. The maximum Gasteiger partial charge on any atom is 0.288 e. The average molecular weight is 326 g/mol. The number of benzene rings is 1. The van der Waals surface area contributed by atoms with Crippen LogP contribution in [0.3, 0.4) is 0 Å². The highest BCUT2D eigenvalue weighted by Gasteiger charge is 2.27. The molecule has 1 aromatic rings. The largest absolute Gasteiger partial charge is 0.382 e. The Morgan fingerprint density at radius 3 is 2.50 bits per heavy atom. The first-order valence-corrected chi connectivity index (χ1v) is 9.32. The van der Waals surface area contributed by atoms with Gasteiger partial charge in [-0.15, -0.1) is 0 Å². The molecule has 22 heavy (non-hydrogen) atoms. The zero-order chi connectivity index (χ0) is 16.5. The number of hydrogen-bond donors (Lipinski definition) is 1. The molecule has 0 aliphatic heterocycles. The lowest BCUT2D eigenvalue weighted by atomic mass is 9.80. The summed E-state index contributed by atoms with van der Waals surface area (Å²) in [5.41, 5.74) is 0.246. The van der Waals surface area contributed by atoms with Crippen molar-refractivity contribution in [1.29, 1.82) is 0 Å². The Labute approximate surface area is 131 Å². The highest BCUT2D eigenvalue weighted by atomic mass is 32.2. The Hall–Kier alpha value is -1.63. The van der Waals surface area contributed by atoms with Gasteiger partial charge in [0, 0.05) is 24.1 Å². The first kappa shape index (κ1) is 16.7. The molecular formula is C15H22N2O4S. The van der Waals surface area contributed by atoms with E-state index in [-0.39, 0.29) is 16.6 Å². The molecular weight excluding hydrogens is 304 g/mol. The minimum atomic E-state index is -3.65. The van der Waals surface area contributed by atoms with Gasteiger partial charge < -0.3 is 5.32 Å². The third-order valence-corrected chi connectivity index (χ3v) is 5.47. The standard InChI is InChI=1S/C15H22N2O4S/c1-10-4-6-13(11(2)8-10)16-12-5-7-14(17(18)19)15(9-12)22(3,20)21/h5,7,9-11,13,16H,4,6,8H2,1-3H3. The van der Waals surface area contributed by atoms with Crippen molar-refractivity contribution in [1.82, 2.24) is 0 Å². The molecule has 1 fully saturated rings. The molecule has 0 saturated heterocycles. The maximum absolute atomic E-state index is 11.8. The highest BCUT2D eigenvalue weighted by molar-refractivity contribution is 7.90. The highest BCUT2D eigenvalue weighted by Crippen LogP contribution is 2.32. The molecule has 1 aromatic carbocycles. The molecule has 0 aromatic heterocycles. The second kappa shape index (κ2) is 6.24. The minimum Gasteiger partial charge on any atom is -0.382 e. The van der Waals surface area contributed by atoms with Crippen LogP contribution in [0.1, 0.15) is 33.1 Å². The molecule has 3 unspecified atom stereocenters. The summed E-state index contributed by atoms with van der Waals surface area (Å²) in [5, 5.41) is 14.3. The van der Waals surface area contributed by atoms with Gasteiger partial charge in [0.05, 0.1) is 4.92 Å². The predicted octanol–water partition coefficient (Wildman–Crippen LogP) is 3.23. The van der Waals surface area contributed by atoms with E-state index in [4.69, 9.17) is 0 Å². The molecule has 1 N–H and O–H groups in total. The Kier molecular flexibility index (Phi) is 4.75. The van der Waals surface area contributed by atoms with Gasteiger partial charge in [0.15, 0.2) is 9.84 Å². The first-order valence-electron chi connectivity index (χ1n) is 7.43. The van der Waals surface area contributed by atoms with Crippen molar-refractivity contribution in [3.05, 3.63) is 28.3 Å². The monoisotopic (exact) mass is 326 g/mol. The van der Waals surface area contributed by atoms with Gasteiger partial charge in [0.1, 0.15) is 4.90 Å². The summed E-state index contributed by atoms with van der Waals surface area (Å²) in [6.07, 6.45) is 4.27. The van der Waals surface area contributed by atoms with Gasteiger partial charge in [-0.1, -0.05) is 13.8 Å². The summed E-state index contributed by atoms with van der Waals surface area (Å²) in [6.45, 7) is 4.41. The van der Waals surface area contributed by atoms with Gasteiger partial charge in [-0.25, -0.2) is 8.42 Å². The fourth-order valence-electron chi connectivity index (χ4n) is 3.15. The van der Waals surface area contributed by atoms with Crippen LogP contribution in [0.25, 0.3) is 0 Å². The summed E-state index contributed by atoms with van der Waals surface area (Å²) in [5.74, 6) is 1.19. The molecule has 122 valence electrons. The molecule has 7 heteroatoms. The van der Waals surface area contributed by atoms with Crippen molar-refractivity contribution in [3.63, 3.8) is 0 Å². The zero-order valence-corrected chi connectivity index (χ0v) is 13.9. The van der Waals surface area contributed by atoms with Crippen LogP contribution in [0.4, 0.5) is 11.4 Å². The van der Waals surface area contributed by atoms with Crippen LogP contribution in [0.15, 0.2) is 23.1 Å². The Balaban J connectivity index is 2.28. The normalized spacial score (nSPS) is 25.7. The van der Waals surface area contributed by atoms with Crippen molar-refractivity contribution in [2.24, 2.45) is 11.8 Å². The Morgan fingerprint density at radius 1 is 1.27 bits per heavy atom. The van der Waals surface area contributed by atoms with E-state index in [0.29, 0.717) is 17.5 Å². The molecule has 0 amide bonds. The number of nitro groups is 1. The van der Waals surface area contributed by atoms with Gasteiger partial charge in [0.2, 0.25) is 0 Å². The van der Waals surface area contributed by atoms with Crippen LogP contribution in [0, 0.1) is 22.0 Å². The van der Waals surface area contributed by atoms with Gasteiger partial charge in [-0.3, -0.25) is 10.1 Å². The number of anilines is 1. The Morgan fingerprint density at radius 2 is 1.95 bits per heavy atom. The number of nitrogens with one attached hydrogen (secondary N) is 1. The third-order valence-electron chi connectivity index (χ3n) is 4.34. The summed E-state index contributed by atoms with van der Waals surface area (Å²) >= 11 is 0. The van der Waals surface area contributed by atoms with Crippen molar-refractivity contribution in [3.8, 4) is 0 Å². The van der Waals surface area contributed by atoms with E-state index < -0.39 is 14.8 Å². The molecule has 0 heterocycles. The fourth-order valence-corrected chi connectivity index (χ4v) is 4.01. The fraction of sp³-hybridized carbons (Fsp3) is 0.600. The molecule has 0 spiro atoms. The molecule has 2 rings (SSSR count). The maximum atomic E-state index is 11.8. The Bertz CT molecular complexity index is 672. The van der Waals surface area contributed by atoms with Crippen LogP contribution in [0.5, 0.6) is 0 Å². The van der Waals surface area contributed by atoms with E-state index in [1.165, 1.54) is 12.1 Å². The average Bonchev–Trinajstić information content (AvgIpc) is 2.40. The van der Waals surface area contributed by atoms with Gasteiger partial charge >= 0.3 is 0 Å². The molecule has 1 saturated carbocycles. The molecule has 0 bridgehead atoms. The van der Waals surface area contributed by atoms with Crippen LogP contribution in [-0.4, -0.2) is 25.6 Å². The lowest BCUT2D eigenvalue weighted by Gasteiger charge is -2.33. The van der Waals surface area contributed by atoms with Crippen molar-refractivity contribution >= 4 is 21.2 Å². The van der Waals surface area contributed by atoms with Crippen molar-refractivity contribution < 1.29 is 13.3 Å². The van der Waals surface area contributed by atoms with Crippen LogP contribution >= 0.6 is 0 Å². The van der Waals surface area contributed by atoms with Crippen LogP contribution in [0.2, 0.25) is 0 Å². The summed E-state index contributed by atoms with van der Waals surface area (Å²) in [4.78, 5) is 10.1. The number of nitro benzene ring substituents is 1. The lowest BCUT2D eigenvalue weighted by molar-refractivity contribution is -0.387. The lowest BCUT2D eigenvalue weighted by Crippen LogP contribution is -2.33. The number of sulfone groups is 1. The van der Waals surface area contributed by atoms with Crippen LogP contribution < -0.4 is 5.32 Å². The van der Waals surface area contributed by atoms with E-state index in [2.05, 4.69) is 19.2 Å². The summed E-state index contributed by atoms with van der Waals surface area (Å²) < 4.78 is 23.6. The molecule has 6 nitrogen and oxygen atoms in total. The topological polar surface area (TPSA) is 89.3 Å².